The van der Waals surface area contributed by atoms with Gasteiger partial charge in [-0.1, -0.05) is 45.0 Å². The van der Waals surface area contributed by atoms with Crippen LogP contribution in [0, 0.1) is 6.07 Å². The molecule has 1 radical (unpaired) electrons. The van der Waals surface area contributed by atoms with Crippen LogP contribution in [0.3, 0.4) is 0 Å². The Kier molecular flexibility index (Phi) is 3.93. The Morgan fingerprint density at radius 3 is 1.82 bits per heavy atom. The zero-order valence-corrected chi connectivity index (χ0v) is 6.81. The van der Waals surface area contributed by atoms with E-state index in [1.807, 2.05) is 12.1 Å². The summed E-state index contributed by atoms with van der Waals surface area (Å²) in [5.74, 6) is 0. The van der Waals surface area contributed by atoms with Gasteiger partial charge in [0.05, 0.1) is 0 Å². The molecule has 0 unspecified atom stereocenters. The standard InChI is InChI=1S/C10H13.Li.H/c1-10(2,3)9-7-5-4-6-8-9;;/h5-8H,1-3H3;;. The molecule has 0 atom stereocenters. The molecule has 0 fully saturated rings. The Morgan fingerprint density at radius 2 is 1.55 bits per heavy atom. The molecule has 0 aliphatic carbocycles. The predicted molar refractivity (Wildman–Crippen MR) is 51.1 cm³/mol. The molecule has 0 aliphatic heterocycles. The van der Waals surface area contributed by atoms with Crippen LogP contribution in [-0.4, -0.2) is 18.9 Å². The Balaban J connectivity index is 0.000001000. The molecule has 0 amide bonds. The Bertz CT molecular complexity index is 196. The van der Waals surface area contributed by atoms with Gasteiger partial charge in [0.15, 0.2) is 0 Å². The summed E-state index contributed by atoms with van der Waals surface area (Å²) in [6.07, 6.45) is 0. The average molecular weight is 141 g/mol. The van der Waals surface area contributed by atoms with Gasteiger partial charge in [0.25, 0.3) is 0 Å². The molecule has 0 bridgehead atoms. The van der Waals surface area contributed by atoms with Gasteiger partial charge in [-0.05, 0) is 17.0 Å². The van der Waals surface area contributed by atoms with Crippen LogP contribution in [0.4, 0.5) is 0 Å². The molecule has 0 aliphatic rings. The molecule has 0 aromatic heterocycles. The first kappa shape index (κ1) is 10.8. The normalized spacial score (nSPS) is 10.5. The average Bonchev–Trinajstić information content (AvgIpc) is 1.88. The SMILES string of the molecule is CC(C)(C)c1cc[c]cc1.[LiH]. The van der Waals surface area contributed by atoms with Crippen molar-refractivity contribution in [1.29, 1.82) is 0 Å². The van der Waals surface area contributed by atoms with E-state index in [2.05, 4.69) is 39.0 Å². The van der Waals surface area contributed by atoms with Crippen LogP contribution in [-0.2, 0) is 5.41 Å². The second-order valence-corrected chi connectivity index (χ2v) is 3.54. The summed E-state index contributed by atoms with van der Waals surface area (Å²) in [6.45, 7) is 6.63. The third-order valence-electron chi connectivity index (χ3n) is 1.58. The summed E-state index contributed by atoms with van der Waals surface area (Å²) >= 11 is 0. The van der Waals surface area contributed by atoms with Gasteiger partial charge in [0.1, 0.15) is 0 Å². The third-order valence-corrected chi connectivity index (χ3v) is 1.58. The molecular weight excluding hydrogens is 127 g/mol. The van der Waals surface area contributed by atoms with Crippen molar-refractivity contribution in [2.24, 2.45) is 0 Å². The van der Waals surface area contributed by atoms with Crippen LogP contribution in [0.2, 0.25) is 0 Å². The van der Waals surface area contributed by atoms with Gasteiger partial charge in [0.2, 0.25) is 0 Å². The zero-order valence-electron chi connectivity index (χ0n) is 6.81. The van der Waals surface area contributed by atoms with Crippen molar-refractivity contribution in [3.05, 3.63) is 35.9 Å². The first-order chi connectivity index (χ1) is 4.61. The van der Waals surface area contributed by atoms with E-state index in [0.717, 1.165) is 0 Å². The van der Waals surface area contributed by atoms with Crippen LogP contribution >= 0.6 is 0 Å². The molecule has 0 spiro atoms. The van der Waals surface area contributed by atoms with E-state index >= 15 is 0 Å². The summed E-state index contributed by atoms with van der Waals surface area (Å²) in [7, 11) is 0. The summed E-state index contributed by atoms with van der Waals surface area (Å²) < 4.78 is 0. The van der Waals surface area contributed by atoms with Crippen molar-refractivity contribution in [3.8, 4) is 0 Å². The minimum atomic E-state index is 0. The number of hydrogen-bond donors (Lipinski definition) is 0. The van der Waals surface area contributed by atoms with Crippen molar-refractivity contribution in [2.75, 3.05) is 0 Å². The number of benzene rings is 1. The summed E-state index contributed by atoms with van der Waals surface area (Å²) in [5.41, 5.74) is 1.64. The molecule has 0 nitrogen and oxygen atoms in total. The summed E-state index contributed by atoms with van der Waals surface area (Å²) in [5, 5.41) is 0. The van der Waals surface area contributed by atoms with Crippen LogP contribution < -0.4 is 0 Å². The van der Waals surface area contributed by atoms with Crippen LogP contribution in [0.1, 0.15) is 26.3 Å². The Hall–Kier alpha value is -0.183. The monoisotopic (exact) mass is 141 g/mol. The van der Waals surface area contributed by atoms with E-state index in [-0.39, 0.29) is 24.3 Å². The molecule has 1 heteroatoms. The molecule has 55 valence electrons. The van der Waals surface area contributed by atoms with Crippen molar-refractivity contribution < 1.29 is 0 Å². The molecule has 1 aromatic carbocycles. The van der Waals surface area contributed by atoms with E-state index in [1.165, 1.54) is 5.56 Å². The summed E-state index contributed by atoms with van der Waals surface area (Å²) in [4.78, 5) is 0. The molecular formula is C10H14Li. The number of rotatable bonds is 0. The fraction of sp³-hybridized carbons (Fsp3) is 0.400. The van der Waals surface area contributed by atoms with Crippen LogP contribution in [0.5, 0.6) is 0 Å². The van der Waals surface area contributed by atoms with E-state index in [1.54, 1.807) is 0 Å². The maximum atomic E-state index is 3.00. The second-order valence-electron chi connectivity index (χ2n) is 3.54. The fourth-order valence-electron chi connectivity index (χ4n) is 0.887. The van der Waals surface area contributed by atoms with Crippen LogP contribution in [0.25, 0.3) is 0 Å². The Labute approximate surface area is 81.2 Å². The number of hydrogen-bond acceptors (Lipinski definition) is 0. The molecule has 0 saturated heterocycles. The topological polar surface area (TPSA) is 0 Å². The minimum absolute atomic E-state index is 0. The first-order valence-electron chi connectivity index (χ1n) is 3.57. The van der Waals surface area contributed by atoms with Gasteiger partial charge in [0, 0.05) is 0 Å². The van der Waals surface area contributed by atoms with E-state index in [4.69, 9.17) is 0 Å². The van der Waals surface area contributed by atoms with Gasteiger partial charge in [-0.3, -0.25) is 0 Å². The predicted octanol–water partition coefficient (Wildman–Crippen LogP) is 2.14. The molecule has 1 rings (SSSR count). The molecule has 0 heterocycles. The van der Waals surface area contributed by atoms with Crippen molar-refractivity contribution in [3.63, 3.8) is 0 Å². The maximum absolute atomic E-state index is 3.00. The van der Waals surface area contributed by atoms with E-state index in [9.17, 15) is 0 Å². The van der Waals surface area contributed by atoms with Crippen molar-refractivity contribution >= 4 is 18.9 Å². The molecule has 0 N–H and O–H groups in total. The van der Waals surface area contributed by atoms with Crippen molar-refractivity contribution in [1.82, 2.24) is 0 Å². The quantitative estimate of drug-likeness (QED) is 0.485. The zero-order chi connectivity index (χ0) is 7.61. The Morgan fingerprint density at radius 1 is 1.09 bits per heavy atom. The van der Waals surface area contributed by atoms with Gasteiger partial charge >= 0.3 is 18.9 Å². The first-order valence-corrected chi connectivity index (χ1v) is 3.57. The van der Waals surface area contributed by atoms with Crippen molar-refractivity contribution in [2.45, 2.75) is 26.2 Å². The van der Waals surface area contributed by atoms with Crippen LogP contribution in [0.15, 0.2) is 24.3 Å². The molecule has 1 aromatic rings. The second kappa shape index (κ2) is 4.00. The van der Waals surface area contributed by atoms with Gasteiger partial charge in [-0.2, -0.15) is 0 Å². The van der Waals surface area contributed by atoms with Gasteiger partial charge in [-0.25, -0.2) is 0 Å². The molecule has 11 heavy (non-hydrogen) atoms. The van der Waals surface area contributed by atoms with Gasteiger partial charge < -0.3 is 0 Å². The third kappa shape index (κ3) is 3.14. The van der Waals surface area contributed by atoms with Gasteiger partial charge in [-0.15, -0.1) is 0 Å². The van der Waals surface area contributed by atoms with E-state index < -0.39 is 0 Å². The fourth-order valence-corrected chi connectivity index (χ4v) is 0.887. The summed E-state index contributed by atoms with van der Waals surface area (Å²) in [6, 6.07) is 11.1. The molecule has 0 saturated carbocycles. The van der Waals surface area contributed by atoms with E-state index in [0.29, 0.717) is 0 Å².